The summed E-state index contributed by atoms with van der Waals surface area (Å²) in [5, 5.41) is 5.83. The van der Waals surface area contributed by atoms with E-state index >= 15 is 0 Å². The zero-order valence-electron chi connectivity index (χ0n) is 17.7. The third-order valence-corrected chi connectivity index (χ3v) is 5.18. The molecule has 4 rings (SSSR count). The fraction of sp³-hybridized carbons (Fsp3) is 0.167. The average molecular weight is 465 g/mol. The number of cyclic esters (lactones) is 1. The van der Waals surface area contributed by atoms with Crippen molar-refractivity contribution in [3.05, 3.63) is 82.9 Å². The molecule has 1 aliphatic heterocycles. The molecule has 1 aromatic heterocycles. The molecule has 1 aliphatic rings. The number of halogens is 1. The van der Waals surface area contributed by atoms with Crippen LogP contribution in [-0.4, -0.2) is 35.3 Å². The Morgan fingerprint density at radius 3 is 2.73 bits per heavy atom. The van der Waals surface area contributed by atoms with Crippen molar-refractivity contribution in [3.63, 3.8) is 0 Å². The fourth-order valence-electron chi connectivity index (χ4n) is 3.41. The molecule has 1 atom stereocenters. The molecule has 1 amide bonds. The number of ether oxygens (including phenoxy) is 1. The van der Waals surface area contributed by atoms with Gasteiger partial charge < -0.3 is 15.4 Å². The number of nitrogens with one attached hydrogen (secondary N) is 2. The summed E-state index contributed by atoms with van der Waals surface area (Å²) in [4.78, 5) is 31.0. The number of rotatable bonds is 6. The lowest BCUT2D eigenvalue weighted by molar-refractivity contribution is 0.143. The number of pyridine rings is 1. The number of aromatic nitrogens is 1. The highest BCUT2D eigenvalue weighted by atomic mass is 32.1. The average Bonchev–Trinajstić information content (AvgIpc) is 3.08. The molecule has 9 heteroatoms. The summed E-state index contributed by atoms with van der Waals surface area (Å²) in [6.45, 7) is 2.40. The molecular weight excluding hydrogens is 443 g/mol. The quantitative estimate of drug-likeness (QED) is 0.528. The van der Waals surface area contributed by atoms with Crippen molar-refractivity contribution in [1.82, 2.24) is 10.3 Å². The molecule has 0 aliphatic carbocycles. The molecule has 2 N–H and O–H groups in total. The maximum absolute atomic E-state index is 14.9. The third-order valence-electron chi connectivity index (χ3n) is 5.04. The summed E-state index contributed by atoms with van der Waals surface area (Å²) in [6.07, 6.45) is 0.710. The number of carbonyl (C=O) groups excluding carboxylic acids is 1. The Labute approximate surface area is 195 Å². The number of carbonyl (C=O) groups is 1. The standard InChI is InChI=1S/C24H21FN4O3S/c1-15(33)27-13-18-14-29(24(31)32-18)17-8-9-21(19(25)12-17)28-22-11-16(5-4-7-23(22)30)20-6-2-3-10-26-20/h2-12,18H,13-14H2,1H3,(H,27,33)(H,28,30)/t18-/m0/s1. The van der Waals surface area contributed by atoms with Crippen molar-refractivity contribution in [1.29, 1.82) is 0 Å². The Balaban J connectivity index is 1.55. The van der Waals surface area contributed by atoms with E-state index in [1.54, 1.807) is 43.5 Å². The van der Waals surface area contributed by atoms with Gasteiger partial charge in [0.25, 0.3) is 0 Å². The van der Waals surface area contributed by atoms with Gasteiger partial charge in [-0.15, -0.1) is 0 Å². The Kier molecular flexibility index (Phi) is 6.60. The van der Waals surface area contributed by atoms with Gasteiger partial charge in [-0.3, -0.25) is 14.7 Å². The molecule has 1 fully saturated rings. The Hall–Kier alpha value is -3.85. The van der Waals surface area contributed by atoms with Crippen molar-refractivity contribution in [3.8, 4) is 11.3 Å². The predicted octanol–water partition coefficient (Wildman–Crippen LogP) is 4.25. The molecule has 0 unspecified atom stereocenters. The van der Waals surface area contributed by atoms with Crippen LogP contribution in [-0.2, 0) is 4.74 Å². The molecular formula is C24H21FN4O3S. The van der Waals surface area contributed by atoms with Gasteiger partial charge in [0.05, 0.1) is 40.8 Å². The summed E-state index contributed by atoms with van der Waals surface area (Å²) >= 11 is 4.97. The minimum atomic E-state index is -0.609. The van der Waals surface area contributed by atoms with Crippen LogP contribution >= 0.6 is 12.2 Å². The summed E-state index contributed by atoms with van der Waals surface area (Å²) in [7, 11) is 0. The van der Waals surface area contributed by atoms with E-state index in [1.165, 1.54) is 23.1 Å². The van der Waals surface area contributed by atoms with Gasteiger partial charge in [-0.2, -0.15) is 0 Å². The molecule has 168 valence electrons. The van der Waals surface area contributed by atoms with Crippen LogP contribution < -0.4 is 21.0 Å². The van der Waals surface area contributed by atoms with Gasteiger partial charge in [-0.05, 0) is 49.4 Å². The Morgan fingerprint density at radius 1 is 1.15 bits per heavy atom. The van der Waals surface area contributed by atoms with Crippen molar-refractivity contribution in [2.75, 3.05) is 23.3 Å². The minimum absolute atomic E-state index is 0.108. The monoisotopic (exact) mass is 464 g/mol. The summed E-state index contributed by atoms with van der Waals surface area (Å²) in [6, 6.07) is 16.2. The number of hydrogen-bond acceptors (Lipinski definition) is 6. The Morgan fingerprint density at radius 2 is 2.00 bits per heavy atom. The number of anilines is 3. The van der Waals surface area contributed by atoms with Gasteiger partial charge in [-0.25, -0.2) is 9.18 Å². The first-order valence-corrected chi connectivity index (χ1v) is 10.7. The highest BCUT2D eigenvalue weighted by molar-refractivity contribution is 7.80. The van der Waals surface area contributed by atoms with Gasteiger partial charge in [0.1, 0.15) is 11.9 Å². The lowest BCUT2D eigenvalue weighted by Crippen LogP contribution is -2.32. The second-order valence-corrected chi connectivity index (χ2v) is 8.07. The summed E-state index contributed by atoms with van der Waals surface area (Å²) < 4.78 is 20.2. The van der Waals surface area contributed by atoms with Crippen LogP contribution in [0.3, 0.4) is 0 Å². The number of thiocarbonyl (C=S) groups is 1. The summed E-state index contributed by atoms with van der Waals surface area (Å²) in [5.41, 5.74) is 1.77. The largest absolute Gasteiger partial charge is 0.442 e. The minimum Gasteiger partial charge on any atom is -0.442 e. The SMILES string of the molecule is CC(=S)NC[C@H]1CN(c2ccc(Nc3cc(-c4ccccn4)cccc3=O)c(F)c2)C(=O)O1. The molecule has 0 saturated carbocycles. The lowest BCUT2D eigenvalue weighted by Gasteiger charge is -2.15. The molecule has 7 nitrogen and oxygen atoms in total. The Bertz CT molecular complexity index is 1260. The van der Waals surface area contributed by atoms with Crippen LogP contribution in [0.15, 0.2) is 71.7 Å². The fourth-order valence-corrected chi connectivity index (χ4v) is 3.49. The second kappa shape index (κ2) is 9.74. The highest BCUT2D eigenvalue weighted by Gasteiger charge is 2.32. The van der Waals surface area contributed by atoms with E-state index in [4.69, 9.17) is 17.0 Å². The zero-order chi connectivity index (χ0) is 23.4. The van der Waals surface area contributed by atoms with Crippen molar-refractivity contribution < 1.29 is 13.9 Å². The molecule has 0 spiro atoms. The predicted molar refractivity (Wildman–Crippen MR) is 130 cm³/mol. The van der Waals surface area contributed by atoms with Crippen molar-refractivity contribution in [2.45, 2.75) is 13.0 Å². The van der Waals surface area contributed by atoms with E-state index in [0.29, 0.717) is 28.5 Å². The number of nitrogens with zero attached hydrogens (tertiary/aromatic N) is 2. The molecule has 0 radical (unpaired) electrons. The van der Waals surface area contributed by atoms with Crippen LogP contribution in [0.2, 0.25) is 0 Å². The van der Waals surface area contributed by atoms with Gasteiger partial charge in [0.2, 0.25) is 5.43 Å². The molecule has 2 aromatic carbocycles. The van der Waals surface area contributed by atoms with E-state index in [0.717, 1.165) is 0 Å². The van der Waals surface area contributed by atoms with E-state index in [1.807, 2.05) is 12.1 Å². The van der Waals surface area contributed by atoms with Crippen LogP contribution in [0.1, 0.15) is 6.92 Å². The number of hydrogen-bond donors (Lipinski definition) is 2. The van der Waals surface area contributed by atoms with E-state index in [9.17, 15) is 14.0 Å². The van der Waals surface area contributed by atoms with Gasteiger partial charge in [0, 0.05) is 11.8 Å². The second-order valence-electron chi connectivity index (χ2n) is 7.46. The first-order chi connectivity index (χ1) is 15.9. The maximum Gasteiger partial charge on any atom is 0.414 e. The van der Waals surface area contributed by atoms with Crippen LogP contribution in [0, 0.1) is 5.82 Å². The number of amides is 1. The van der Waals surface area contributed by atoms with Crippen LogP contribution in [0.5, 0.6) is 0 Å². The smallest absolute Gasteiger partial charge is 0.414 e. The topological polar surface area (TPSA) is 83.6 Å². The lowest BCUT2D eigenvalue weighted by atomic mass is 10.2. The van der Waals surface area contributed by atoms with E-state index in [2.05, 4.69) is 15.6 Å². The third kappa shape index (κ3) is 5.32. The van der Waals surface area contributed by atoms with Crippen LogP contribution in [0.25, 0.3) is 11.3 Å². The first-order valence-electron chi connectivity index (χ1n) is 10.3. The molecule has 2 heterocycles. The maximum atomic E-state index is 14.9. The highest BCUT2D eigenvalue weighted by Crippen LogP contribution is 2.28. The first kappa shape index (κ1) is 22.3. The molecule has 3 aromatic rings. The molecule has 1 saturated heterocycles. The summed E-state index contributed by atoms with van der Waals surface area (Å²) in [5.74, 6) is -0.609. The molecule has 0 bridgehead atoms. The van der Waals surface area contributed by atoms with E-state index < -0.39 is 18.0 Å². The molecule has 33 heavy (non-hydrogen) atoms. The van der Waals surface area contributed by atoms with Crippen molar-refractivity contribution >= 4 is 40.4 Å². The van der Waals surface area contributed by atoms with Gasteiger partial charge in [-0.1, -0.05) is 30.4 Å². The normalized spacial score (nSPS) is 15.2. The number of benzene rings is 1. The van der Waals surface area contributed by atoms with Crippen molar-refractivity contribution in [2.24, 2.45) is 0 Å². The van der Waals surface area contributed by atoms with Crippen LogP contribution in [0.4, 0.5) is 26.2 Å². The van der Waals surface area contributed by atoms with E-state index in [-0.39, 0.29) is 23.3 Å². The van der Waals surface area contributed by atoms with Gasteiger partial charge in [0.15, 0.2) is 0 Å². The zero-order valence-corrected chi connectivity index (χ0v) is 18.6. The van der Waals surface area contributed by atoms with Gasteiger partial charge >= 0.3 is 6.09 Å².